The second-order valence-corrected chi connectivity index (χ2v) is 13.9. The van der Waals surface area contributed by atoms with Crippen LogP contribution in [0, 0.1) is 5.92 Å². The van der Waals surface area contributed by atoms with E-state index in [2.05, 4.69) is 14.4 Å². The molecule has 13 heteroatoms. The summed E-state index contributed by atoms with van der Waals surface area (Å²) in [6.45, 7) is 5.78. The molecule has 3 aliphatic rings. The lowest BCUT2D eigenvalue weighted by Gasteiger charge is -2.36. The van der Waals surface area contributed by atoms with Gasteiger partial charge in [-0.3, -0.25) is 9.52 Å². The molecular weight excluding hydrogens is 544 g/mol. The summed E-state index contributed by atoms with van der Waals surface area (Å²) < 4.78 is 58.7. The summed E-state index contributed by atoms with van der Waals surface area (Å²) in [4.78, 5) is 13.7. The molecule has 4 N–H and O–H groups in total. The third-order valence-corrected chi connectivity index (χ3v) is 10.1. The predicted molar refractivity (Wildman–Crippen MR) is 147 cm³/mol. The quantitative estimate of drug-likeness (QED) is 0.392. The van der Waals surface area contributed by atoms with Crippen molar-refractivity contribution in [2.75, 3.05) is 23.1 Å². The number of carbonyl (C=O) groups is 1. The van der Waals surface area contributed by atoms with Crippen molar-refractivity contribution < 1.29 is 31.8 Å². The third-order valence-electron chi connectivity index (χ3n) is 7.34. The molecule has 1 unspecified atom stereocenters. The minimum Gasteiger partial charge on any atom is -0.506 e. The number of nitrogens with zero attached hydrogens (tertiary/aromatic N) is 2. The predicted octanol–water partition coefficient (Wildman–Crippen LogP) is 2.78. The largest absolute Gasteiger partial charge is 0.506 e. The van der Waals surface area contributed by atoms with E-state index in [1.807, 2.05) is 13.8 Å². The molecule has 208 valence electrons. The van der Waals surface area contributed by atoms with Gasteiger partial charge in [0.15, 0.2) is 11.6 Å². The average Bonchev–Trinajstić information content (AvgIpc) is 2.84. The lowest BCUT2D eigenvalue weighted by molar-refractivity contribution is -0.120. The van der Waals surface area contributed by atoms with E-state index in [1.54, 1.807) is 31.2 Å². The number of anilines is 2. The number of aliphatic hydroxyl groups is 2. The minimum absolute atomic E-state index is 0.00911. The highest BCUT2D eigenvalue weighted by Crippen LogP contribution is 2.44. The molecule has 11 nitrogen and oxygen atoms in total. The first-order valence-electron chi connectivity index (χ1n) is 12.5. The van der Waals surface area contributed by atoms with Gasteiger partial charge in [-0.2, -0.15) is 21.1 Å². The number of nitrogens with one attached hydrogen (secondary N) is 2. The number of β-amino-alcohol motifs (C(OH)–C–C–N with tert-alkyl or cyclic N) is 1. The standard InChI is InChI=1S/C26H30N4O7S2/c1-15(2)10-11-26(3)19-7-5-4-6-18(19)23(32)22(24(26)33)25-27-20-9-8-16(12-21(20)38(34,35)29-25)28-39(36,37)30-13-17(31)14-30/h4-9,12,15,17,28,31-32H,10-11,13-14H2,1-3H3,(H,27,29). The summed E-state index contributed by atoms with van der Waals surface area (Å²) in [5.41, 5.74) is -0.0442. The summed E-state index contributed by atoms with van der Waals surface area (Å²) in [6.07, 6.45) is 0.487. The van der Waals surface area contributed by atoms with Gasteiger partial charge in [0.25, 0.3) is 10.0 Å². The van der Waals surface area contributed by atoms with Crippen LogP contribution in [0.4, 0.5) is 11.4 Å². The number of hydrogen-bond donors (Lipinski definition) is 4. The van der Waals surface area contributed by atoms with Crippen LogP contribution in [0.1, 0.15) is 44.7 Å². The smallest absolute Gasteiger partial charge is 0.301 e. The van der Waals surface area contributed by atoms with Crippen molar-refractivity contribution in [3.63, 3.8) is 0 Å². The van der Waals surface area contributed by atoms with Gasteiger partial charge in [0, 0.05) is 18.7 Å². The molecule has 1 aliphatic carbocycles. The molecule has 2 aliphatic heterocycles. The number of aliphatic hydroxyl groups excluding tert-OH is 2. The van der Waals surface area contributed by atoms with Gasteiger partial charge in [0.2, 0.25) is 0 Å². The third kappa shape index (κ3) is 4.73. The first-order valence-corrected chi connectivity index (χ1v) is 15.4. The van der Waals surface area contributed by atoms with Gasteiger partial charge in [-0.05, 0) is 49.4 Å². The fourth-order valence-electron chi connectivity index (χ4n) is 5.01. The average molecular weight is 575 g/mol. The van der Waals surface area contributed by atoms with E-state index < -0.39 is 37.5 Å². The summed E-state index contributed by atoms with van der Waals surface area (Å²) >= 11 is 0. The first kappa shape index (κ1) is 27.3. The fraction of sp³-hybridized carbons (Fsp3) is 0.385. The number of sulfonamides is 1. The molecule has 2 heterocycles. The van der Waals surface area contributed by atoms with Gasteiger partial charge in [0.05, 0.1) is 22.9 Å². The van der Waals surface area contributed by atoms with Crippen LogP contribution in [-0.4, -0.2) is 62.2 Å². The summed E-state index contributed by atoms with van der Waals surface area (Å²) in [7, 11) is -8.37. The maximum absolute atomic E-state index is 14.0. The molecule has 39 heavy (non-hydrogen) atoms. The lowest BCUT2D eigenvalue weighted by Crippen LogP contribution is -2.55. The molecule has 0 amide bonds. The second-order valence-electron chi connectivity index (χ2n) is 10.7. The SMILES string of the molecule is CC(C)CCC1(C)C(=O)C(C2=NS(=O)(=O)c3cc(NS(=O)(=O)N4CC(O)C4)ccc3N2)=C(O)c2ccccc21. The maximum Gasteiger partial charge on any atom is 0.301 e. The normalized spacial score (nSPS) is 23.0. The molecule has 0 spiro atoms. The van der Waals surface area contributed by atoms with Crippen LogP contribution in [0.15, 0.2) is 57.3 Å². The van der Waals surface area contributed by atoms with Crippen molar-refractivity contribution >= 4 is 49.0 Å². The van der Waals surface area contributed by atoms with Crippen molar-refractivity contribution in [1.82, 2.24) is 4.31 Å². The molecule has 2 aromatic carbocycles. The van der Waals surface area contributed by atoms with Crippen molar-refractivity contribution in [2.24, 2.45) is 10.3 Å². The number of benzene rings is 2. The molecule has 1 fully saturated rings. The van der Waals surface area contributed by atoms with Crippen LogP contribution in [0.5, 0.6) is 0 Å². The highest BCUT2D eigenvalue weighted by Gasteiger charge is 2.46. The zero-order valence-corrected chi connectivity index (χ0v) is 23.3. The van der Waals surface area contributed by atoms with Crippen molar-refractivity contribution in [3.8, 4) is 0 Å². The van der Waals surface area contributed by atoms with Crippen LogP contribution in [-0.2, 0) is 30.4 Å². The van der Waals surface area contributed by atoms with E-state index in [-0.39, 0.29) is 46.5 Å². The molecule has 0 saturated carbocycles. The number of hydrogen-bond acceptors (Lipinski definition) is 8. The van der Waals surface area contributed by atoms with Crippen LogP contribution in [0.2, 0.25) is 0 Å². The Labute approximate surface area is 227 Å². The fourth-order valence-corrected chi connectivity index (χ4v) is 7.45. The number of amidine groups is 1. The Morgan fingerprint density at radius 2 is 1.90 bits per heavy atom. The zero-order chi connectivity index (χ0) is 28.3. The summed E-state index contributed by atoms with van der Waals surface area (Å²) in [5.74, 6) is -0.771. The molecule has 0 aromatic heterocycles. The number of rotatable bonds is 7. The topological polar surface area (TPSA) is 165 Å². The van der Waals surface area contributed by atoms with Gasteiger partial charge in [-0.15, -0.1) is 4.40 Å². The van der Waals surface area contributed by atoms with Crippen LogP contribution in [0.3, 0.4) is 0 Å². The number of carbonyl (C=O) groups excluding carboxylic acids is 1. The Morgan fingerprint density at radius 3 is 2.56 bits per heavy atom. The van der Waals surface area contributed by atoms with Crippen molar-refractivity contribution in [1.29, 1.82) is 0 Å². The molecule has 1 saturated heterocycles. The highest BCUT2D eigenvalue weighted by molar-refractivity contribution is 7.91. The highest BCUT2D eigenvalue weighted by atomic mass is 32.2. The Morgan fingerprint density at radius 1 is 1.21 bits per heavy atom. The van der Waals surface area contributed by atoms with Crippen LogP contribution >= 0.6 is 0 Å². The van der Waals surface area contributed by atoms with Crippen LogP contribution in [0.25, 0.3) is 5.76 Å². The molecule has 2 aromatic rings. The lowest BCUT2D eigenvalue weighted by atomic mass is 9.66. The number of ketones is 1. The molecule has 5 rings (SSSR count). The van der Waals surface area contributed by atoms with E-state index in [4.69, 9.17) is 0 Å². The van der Waals surface area contributed by atoms with E-state index in [0.717, 1.165) is 16.8 Å². The monoisotopic (exact) mass is 574 g/mol. The van der Waals surface area contributed by atoms with E-state index in [0.29, 0.717) is 23.5 Å². The van der Waals surface area contributed by atoms with Crippen LogP contribution < -0.4 is 10.0 Å². The minimum atomic E-state index is -4.39. The Kier molecular flexibility index (Phi) is 6.61. The Balaban J connectivity index is 1.53. The molecular formula is C26H30N4O7S2. The van der Waals surface area contributed by atoms with Gasteiger partial charge in [-0.1, -0.05) is 38.1 Å². The number of fused-ring (bicyclic) bond motifs is 2. The zero-order valence-electron chi connectivity index (χ0n) is 21.7. The molecule has 1 atom stereocenters. The second kappa shape index (κ2) is 9.44. The van der Waals surface area contributed by atoms with Gasteiger partial charge in [0.1, 0.15) is 16.2 Å². The summed E-state index contributed by atoms with van der Waals surface area (Å²) in [6, 6.07) is 10.9. The van der Waals surface area contributed by atoms with Crippen molar-refractivity contribution in [3.05, 3.63) is 59.2 Å². The Bertz CT molecular complexity index is 1640. The van der Waals surface area contributed by atoms with E-state index in [1.165, 1.54) is 12.1 Å². The Hall–Kier alpha value is -3.26. The number of Topliss-reactive ketones (excluding diaryl/α,β-unsaturated/α-hetero) is 1. The van der Waals surface area contributed by atoms with Crippen molar-refractivity contribution in [2.45, 2.75) is 50.0 Å². The van der Waals surface area contributed by atoms with Gasteiger partial charge < -0.3 is 15.5 Å². The molecule has 0 radical (unpaired) electrons. The molecule has 0 bridgehead atoms. The summed E-state index contributed by atoms with van der Waals surface area (Å²) in [5, 5.41) is 23.5. The maximum atomic E-state index is 14.0. The van der Waals surface area contributed by atoms with E-state index in [9.17, 15) is 31.8 Å². The van der Waals surface area contributed by atoms with Gasteiger partial charge in [-0.25, -0.2) is 0 Å². The van der Waals surface area contributed by atoms with Gasteiger partial charge >= 0.3 is 10.2 Å². The van der Waals surface area contributed by atoms with E-state index >= 15 is 0 Å². The first-order chi connectivity index (χ1) is 18.2.